The molecule has 2 aromatic carbocycles. The van der Waals surface area contributed by atoms with E-state index in [0.29, 0.717) is 28.5 Å². The fraction of sp³-hybridized carbons (Fsp3) is 0.208. The zero-order valence-corrected chi connectivity index (χ0v) is 18.0. The van der Waals surface area contributed by atoms with Crippen molar-refractivity contribution >= 4 is 17.1 Å². The highest BCUT2D eigenvalue weighted by Crippen LogP contribution is 2.34. The van der Waals surface area contributed by atoms with Gasteiger partial charge in [0.2, 0.25) is 5.43 Å². The summed E-state index contributed by atoms with van der Waals surface area (Å²) in [7, 11) is 1.49. The first-order valence-corrected chi connectivity index (χ1v) is 10.3. The Labute approximate surface area is 189 Å². The first-order valence-electron chi connectivity index (χ1n) is 10.3. The summed E-state index contributed by atoms with van der Waals surface area (Å²) < 4.78 is 34.3. The number of methoxy groups -OCH3 is 1. The van der Waals surface area contributed by atoms with E-state index in [9.17, 15) is 13.6 Å². The Kier molecular flexibility index (Phi) is 6.21. The molecule has 0 spiro atoms. The third-order valence-electron chi connectivity index (χ3n) is 5.26. The van der Waals surface area contributed by atoms with E-state index < -0.39 is 5.92 Å². The zero-order valence-electron chi connectivity index (χ0n) is 18.0. The van der Waals surface area contributed by atoms with E-state index in [-0.39, 0.29) is 30.6 Å². The van der Waals surface area contributed by atoms with Crippen LogP contribution < -0.4 is 20.8 Å². The van der Waals surface area contributed by atoms with Gasteiger partial charge in [-0.2, -0.15) is 5.10 Å². The van der Waals surface area contributed by atoms with Crippen LogP contribution in [0.2, 0.25) is 0 Å². The number of anilines is 1. The van der Waals surface area contributed by atoms with Crippen molar-refractivity contribution in [1.29, 1.82) is 0 Å². The minimum absolute atomic E-state index is 0.105. The maximum atomic E-state index is 13.6. The molecule has 1 aliphatic heterocycles. The van der Waals surface area contributed by atoms with Crippen LogP contribution in [0.15, 0.2) is 82.9 Å². The van der Waals surface area contributed by atoms with Crippen LogP contribution in [0.3, 0.4) is 0 Å². The van der Waals surface area contributed by atoms with Crippen molar-refractivity contribution in [3.63, 3.8) is 0 Å². The Morgan fingerprint density at radius 1 is 1.21 bits per heavy atom. The molecule has 0 bridgehead atoms. The number of nitrogens with zero attached hydrogens (tertiary/aromatic N) is 4. The molecule has 0 unspecified atom stereocenters. The first kappa shape index (κ1) is 22.2. The molecular weight excluding hydrogens is 428 g/mol. The molecule has 0 radical (unpaired) electrons. The van der Waals surface area contributed by atoms with Crippen LogP contribution in [-0.4, -0.2) is 41.6 Å². The van der Waals surface area contributed by atoms with Gasteiger partial charge < -0.3 is 15.4 Å². The van der Waals surface area contributed by atoms with Gasteiger partial charge in [0.25, 0.3) is 5.92 Å². The van der Waals surface area contributed by atoms with E-state index in [0.717, 1.165) is 0 Å². The molecule has 3 aromatic rings. The number of benzene rings is 2. The van der Waals surface area contributed by atoms with E-state index in [4.69, 9.17) is 10.5 Å². The lowest BCUT2D eigenvalue weighted by Crippen LogP contribution is -2.25. The molecule has 2 heterocycles. The van der Waals surface area contributed by atoms with E-state index in [1.807, 2.05) is 18.2 Å². The fourth-order valence-corrected chi connectivity index (χ4v) is 3.63. The maximum absolute atomic E-state index is 13.6. The molecule has 170 valence electrons. The minimum Gasteiger partial charge on any atom is -0.494 e. The lowest BCUT2D eigenvalue weighted by molar-refractivity contribution is 0.0257. The maximum Gasteiger partial charge on any atom is 0.266 e. The van der Waals surface area contributed by atoms with Crippen LogP contribution in [0.4, 0.5) is 20.2 Å². The number of hydrogen-bond acceptors (Lipinski definition) is 6. The molecule has 1 aliphatic rings. The normalized spacial score (nSPS) is 15.8. The quantitative estimate of drug-likeness (QED) is 0.578. The van der Waals surface area contributed by atoms with E-state index in [1.54, 1.807) is 35.2 Å². The van der Waals surface area contributed by atoms with Crippen molar-refractivity contribution in [3.05, 3.63) is 89.0 Å². The average molecular weight is 451 g/mol. The summed E-state index contributed by atoms with van der Waals surface area (Å²) in [6.45, 7) is -0.0681. The second kappa shape index (κ2) is 9.23. The van der Waals surface area contributed by atoms with Gasteiger partial charge in [0.15, 0.2) is 5.69 Å². The molecule has 4 rings (SSSR count). The van der Waals surface area contributed by atoms with Crippen molar-refractivity contribution < 1.29 is 13.5 Å². The standard InChI is InChI=1S/C24H23F2N5O2/c1-33-22-15-18(30-14-11-24(25,26)16-30)7-8-20(22)31-13-10-21(32)23(29-31)19(9-12-27)28-17-5-3-2-4-6-17/h2-10,12-13,15H,11,14,16,27H2,1H3. The fourth-order valence-electron chi connectivity index (χ4n) is 3.63. The number of hydrogen-bond donors (Lipinski definition) is 1. The molecule has 9 heteroatoms. The summed E-state index contributed by atoms with van der Waals surface area (Å²) in [5.41, 5.74) is 7.49. The van der Waals surface area contributed by atoms with Crippen molar-refractivity contribution in [1.82, 2.24) is 9.78 Å². The number of ether oxygens (including phenoxy) is 1. The SMILES string of the molecule is COc1cc(N2CCC(F)(F)C2)ccc1-n1ccc(=O)c(C(C=CN)=Nc2ccccc2)n1. The lowest BCUT2D eigenvalue weighted by atomic mass is 10.2. The highest BCUT2D eigenvalue weighted by Gasteiger charge is 2.38. The predicted octanol–water partition coefficient (Wildman–Crippen LogP) is 3.68. The molecule has 2 N–H and O–H groups in total. The molecule has 0 aliphatic carbocycles. The summed E-state index contributed by atoms with van der Waals surface area (Å²) in [5.74, 6) is -2.27. The highest BCUT2D eigenvalue weighted by molar-refractivity contribution is 6.08. The van der Waals surface area contributed by atoms with Gasteiger partial charge in [-0.15, -0.1) is 0 Å². The lowest BCUT2D eigenvalue weighted by Gasteiger charge is -2.20. The number of aromatic nitrogens is 2. The number of nitrogens with two attached hydrogens (primary N) is 1. The zero-order chi connectivity index (χ0) is 23.4. The van der Waals surface area contributed by atoms with Crippen molar-refractivity contribution in [2.45, 2.75) is 12.3 Å². The van der Waals surface area contributed by atoms with Gasteiger partial charge >= 0.3 is 0 Å². The Bertz CT molecular complexity index is 1260. The first-order chi connectivity index (χ1) is 15.9. The summed E-state index contributed by atoms with van der Waals surface area (Å²) >= 11 is 0. The van der Waals surface area contributed by atoms with Crippen LogP contribution in [0.25, 0.3) is 5.69 Å². The topological polar surface area (TPSA) is 85.7 Å². The Hall–Kier alpha value is -4.01. The third-order valence-corrected chi connectivity index (χ3v) is 5.26. The van der Waals surface area contributed by atoms with E-state index in [1.165, 1.54) is 36.3 Å². The number of halogens is 2. The van der Waals surface area contributed by atoms with Gasteiger partial charge in [0, 0.05) is 37.0 Å². The van der Waals surface area contributed by atoms with Gasteiger partial charge in [-0.25, -0.2) is 18.5 Å². The van der Waals surface area contributed by atoms with Crippen LogP contribution in [0.1, 0.15) is 12.1 Å². The number of aliphatic imine (C=N–C) groups is 1. The summed E-state index contributed by atoms with van der Waals surface area (Å²) in [6.07, 6.45) is 4.13. The minimum atomic E-state index is -2.70. The van der Waals surface area contributed by atoms with Crippen molar-refractivity contribution in [3.8, 4) is 11.4 Å². The molecule has 7 nitrogen and oxygen atoms in total. The van der Waals surface area contributed by atoms with Gasteiger partial charge in [0.05, 0.1) is 25.1 Å². The molecule has 0 saturated carbocycles. The molecule has 1 fully saturated rings. The van der Waals surface area contributed by atoms with E-state index in [2.05, 4.69) is 10.1 Å². The summed E-state index contributed by atoms with van der Waals surface area (Å²) in [5, 5.41) is 4.47. The van der Waals surface area contributed by atoms with Crippen LogP contribution in [0.5, 0.6) is 5.75 Å². The van der Waals surface area contributed by atoms with Gasteiger partial charge in [-0.1, -0.05) is 18.2 Å². The molecule has 1 saturated heterocycles. The molecule has 1 aromatic heterocycles. The third kappa shape index (κ3) is 4.92. The number of allylic oxidation sites excluding steroid dienone is 1. The van der Waals surface area contributed by atoms with Gasteiger partial charge in [-0.05, 0) is 36.5 Å². The van der Waals surface area contributed by atoms with Crippen LogP contribution in [0, 0.1) is 0 Å². The summed E-state index contributed by atoms with van der Waals surface area (Å²) in [4.78, 5) is 18.7. The van der Waals surface area contributed by atoms with Crippen LogP contribution in [-0.2, 0) is 0 Å². The average Bonchev–Trinajstić information content (AvgIpc) is 3.19. The molecular formula is C24H23F2N5O2. The Morgan fingerprint density at radius 3 is 2.67 bits per heavy atom. The Balaban J connectivity index is 1.74. The number of para-hydroxylation sites is 1. The highest BCUT2D eigenvalue weighted by atomic mass is 19.3. The molecule has 0 atom stereocenters. The van der Waals surface area contributed by atoms with Gasteiger partial charge in [-0.3, -0.25) is 4.79 Å². The largest absolute Gasteiger partial charge is 0.494 e. The number of alkyl halides is 2. The van der Waals surface area contributed by atoms with Crippen molar-refractivity contribution in [2.75, 3.05) is 25.1 Å². The molecule has 33 heavy (non-hydrogen) atoms. The monoisotopic (exact) mass is 451 g/mol. The molecule has 0 amide bonds. The smallest absolute Gasteiger partial charge is 0.266 e. The van der Waals surface area contributed by atoms with E-state index >= 15 is 0 Å². The van der Waals surface area contributed by atoms with Crippen molar-refractivity contribution in [2.24, 2.45) is 10.7 Å². The predicted molar refractivity (Wildman–Crippen MR) is 124 cm³/mol. The second-order valence-corrected chi connectivity index (χ2v) is 7.55. The van der Waals surface area contributed by atoms with Gasteiger partial charge in [0.1, 0.15) is 11.4 Å². The number of rotatable bonds is 6. The second-order valence-electron chi connectivity index (χ2n) is 7.55. The Morgan fingerprint density at radius 2 is 2.00 bits per heavy atom. The van der Waals surface area contributed by atoms with Crippen LogP contribution >= 0.6 is 0 Å². The summed E-state index contributed by atoms with van der Waals surface area (Å²) in [6, 6.07) is 15.7.